The van der Waals surface area contributed by atoms with Crippen molar-refractivity contribution in [3.63, 3.8) is 0 Å². The van der Waals surface area contributed by atoms with Crippen LogP contribution in [0, 0.1) is 0 Å². The lowest BCUT2D eigenvalue weighted by molar-refractivity contribution is -0.111. The average Bonchev–Trinajstić information content (AvgIpc) is 2.97. The first kappa shape index (κ1) is 25.3. The monoisotopic (exact) mass is 510 g/mol. The Bertz CT molecular complexity index is 1480. The zero-order valence-corrected chi connectivity index (χ0v) is 21.2. The van der Waals surface area contributed by atoms with E-state index in [1.54, 1.807) is 13.3 Å². The third kappa shape index (κ3) is 5.08. The topological polar surface area (TPSA) is 123 Å². The van der Waals surface area contributed by atoms with E-state index < -0.39 is 5.60 Å². The van der Waals surface area contributed by atoms with Gasteiger partial charge in [0, 0.05) is 42.5 Å². The number of rotatable bonds is 8. The SMILES string of the molecule is C=CC(=O)Nc1cccc(-c2cccc3cnc(Nc4ccc([C@]5(CN)CNCCO5)cc4OC)nc23)c1. The summed E-state index contributed by atoms with van der Waals surface area (Å²) in [5.41, 5.74) is 10.5. The van der Waals surface area contributed by atoms with Crippen molar-refractivity contribution in [1.82, 2.24) is 15.3 Å². The first-order chi connectivity index (χ1) is 18.5. The minimum absolute atomic E-state index is 0.266. The Hall–Kier alpha value is -4.31. The molecule has 5 N–H and O–H groups in total. The number of fused-ring (bicyclic) bond motifs is 1. The summed E-state index contributed by atoms with van der Waals surface area (Å²) in [6.07, 6.45) is 3.02. The van der Waals surface area contributed by atoms with E-state index in [9.17, 15) is 4.79 Å². The number of morpholine rings is 1. The van der Waals surface area contributed by atoms with Gasteiger partial charge in [0.05, 0.1) is 24.9 Å². The van der Waals surface area contributed by atoms with Gasteiger partial charge >= 0.3 is 0 Å². The fourth-order valence-corrected chi connectivity index (χ4v) is 4.60. The van der Waals surface area contributed by atoms with Gasteiger partial charge in [0.1, 0.15) is 11.4 Å². The molecule has 38 heavy (non-hydrogen) atoms. The molecule has 2 heterocycles. The lowest BCUT2D eigenvalue weighted by Crippen LogP contribution is -2.51. The molecule has 9 nitrogen and oxygen atoms in total. The molecule has 1 fully saturated rings. The third-order valence-corrected chi connectivity index (χ3v) is 6.61. The second-order valence-electron chi connectivity index (χ2n) is 8.97. The lowest BCUT2D eigenvalue weighted by atomic mass is 9.92. The van der Waals surface area contributed by atoms with E-state index in [1.807, 2.05) is 60.7 Å². The number of aromatic nitrogens is 2. The highest BCUT2D eigenvalue weighted by Crippen LogP contribution is 2.35. The summed E-state index contributed by atoms with van der Waals surface area (Å²) in [4.78, 5) is 21.1. The van der Waals surface area contributed by atoms with Crippen LogP contribution in [-0.4, -0.2) is 49.2 Å². The number of nitrogens with zero attached hydrogens (tertiary/aromatic N) is 2. The van der Waals surface area contributed by atoms with Crippen LogP contribution in [0.1, 0.15) is 5.56 Å². The molecule has 5 rings (SSSR count). The van der Waals surface area contributed by atoms with Crippen LogP contribution in [0.5, 0.6) is 5.75 Å². The molecule has 3 aromatic carbocycles. The molecular formula is C29H30N6O3. The Morgan fingerprint density at radius 2 is 2.11 bits per heavy atom. The van der Waals surface area contributed by atoms with Crippen molar-refractivity contribution in [2.45, 2.75) is 5.60 Å². The van der Waals surface area contributed by atoms with Crippen molar-refractivity contribution < 1.29 is 14.3 Å². The van der Waals surface area contributed by atoms with E-state index in [1.165, 1.54) is 6.08 Å². The Balaban J connectivity index is 1.48. The lowest BCUT2D eigenvalue weighted by Gasteiger charge is -2.37. The number of nitrogens with two attached hydrogens (primary N) is 1. The van der Waals surface area contributed by atoms with Crippen LogP contribution >= 0.6 is 0 Å². The number of benzene rings is 3. The first-order valence-electron chi connectivity index (χ1n) is 12.3. The Labute approximate surface area is 221 Å². The molecule has 194 valence electrons. The fraction of sp³-hybridized carbons (Fsp3) is 0.207. The van der Waals surface area contributed by atoms with Crippen molar-refractivity contribution >= 4 is 34.1 Å². The Kier molecular flexibility index (Phi) is 7.32. The van der Waals surface area contributed by atoms with E-state index in [2.05, 4.69) is 27.5 Å². The van der Waals surface area contributed by atoms with Gasteiger partial charge in [-0.15, -0.1) is 0 Å². The second kappa shape index (κ2) is 11.0. The molecule has 1 aliphatic rings. The van der Waals surface area contributed by atoms with Crippen molar-refractivity contribution in [2.24, 2.45) is 5.73 Å². The second-order valence-corrected chi connectivity index (χ2v) is 8.97. The van der Waals surface area contributed by atoms with Gasteiger partial charge in [-0.3, -0.25) is 4.79 Å². The maximum Gasteiger partial charge on any atom is 0.247 e. The predicted octanol–water partition coefficient (Wildman–Crippen LogP) is 3.95. The zero-order chi connectivity index (χ0) is 26.5. The van der Waals surface area contributed by atoms with Crippen LogP contribution in [-0.2, 0) is 15.1 Å². The quantitative estimate of drug-likeness (QED) is 0.263. The van der Waals surface area contributed by atoms with Crippen LogP contribution in [0.3, 0.4) is 0 Å². The highest BCUT2D eigenvalue weighted by atomic mass is 16.5. The molecule has 0 spiro atoms. The van der Waals surface area contributed by atoms with E-state index in [-0.39, 0.29) is 5.91 Å². The van der Waals surface area contributed by atoms with Gasteiger partial charge in [0.15, 0.2) is 0 Å². The number of anilines is 3. The van der Waals surface area contributed by atoms with Gasteiger partial charge in [-0.1, -0.05) is 43.0 Å². The smallest absolute Gasteiger partial charge is 0.247 e. The number of amides is 1. The molecule has 0 radical (unpaired) electrons. The van der Waals surface area contributed by atoms with E-state index >= 15 is 0 Å². The average molecular weight is 511 g/mol. The van der Waals surface area contributed by atoms with Crippen LogP contribution in [0.2, 0.25) is 0 Å². The van der Waals surface area contributed by atoms with Crippen LogP contribution in [0.4, 0.5) is 17.3 Å². The van der Waals surface area contributed by atoms with Crippen molar-refractivity contribution in [1.29, 1.82) is 0 Å². The highest BCUT2D eigenvalue weighted by molar-refractivity contribution is 6.00. The number of hydrogen-bond acceptors (Lipinski definition) is 8. The standard InChI is InChI=1S/C29H30N6O3/c1-3-26(36)33-22-8-4-6-19(14-22)23-9-5-7-20-16-32-28(35-27(20)23)34-24-11-10-21(15-25(24)37-2)29(17-30)18-31-12-13-38-29/h3-11,14-16,31H,1,12-13,17-18,30H2,2H3,(H,33,36)(H,32,34,35)/t29-/m0/s1. The van der Waals surface area contributed by atoms with Crippen molar-refractivity contribution in [3.05, 3.63) is 85.1 Å². The van der Waals surface area contributed by atoms with Gasteiger partial charge in [-0.2, -0.15) is 0 Å². The number of methoxy groups -OCH3 is 1. The van der Waals surface area contributed by atoms with Gasteiger partial charge in [-0.25, -0.2) is 9.97 Å². The first-order valence-corrected chi connectivity index (χ1v) is 12.3. The zero-order valence-electron chi connectivity index (χ0n) is 21.2. The molecule has 0 aliphatic carbocycles. The summed E-state index contributed by atoms with van der Waals surface area (Å²) in [6.45, 7) is 5.89. The van der Waals surface area contributed by atoms with Crippen LogP contribution < -0.4 is 26.4 Å². The molecule has 1 amide bonds. The number of carbonyl (C=O) groups is 1. The summed E-state index contributed by atoms with van der Waals surface area (Å²) < 4.78 is 11.8. The van der Waals surface area contributed by atoms with Crippen molar-refractivity contribution in [2.75, 3.05) is 44.0 Å². The number of ether oxygens (including phenoxy) is 2. The molecule has 9 heteroatoms. The molecule has 1 saturated heterocycles. The molecule has 4 aromatic rings. The summed E-state index contributed by atoms with van der Waals surface area (Å²) in [6, 6.07) is 19.4. The van der Waals surface area contributed by atoms with Gasteiger partial charge in [0.25, 0.3) is 0 Å². The van der Waals surface area contributed by atoms with Gasteiger partial charge in [0.2, 0.25) is 11.9 Å². The normalized spacial score (nSPS) is 17.1. The Morgan fingerprint density at radius 1 is 1.24 bits per heavy atom. The number of nitrogens with one attached hydrogen (secondary N) is 3. The molecule has 1 aliphatic heterocycles. The molecule has 0 unspecified atom stereocenters. The number of hydrogen-bond donors (Lipinski definition) is 4. The minimum Gasteiger partial charge on any atom is -0.495 e. The van der Waals surface area contributed by atoms with E-state index in [0.717, 1.165) is 39.8 Å². The minimum atomic E-state index is -0.599. The maximum atomic E-state index is 11.8. The summed E-state index contributed by atoms with van der Waals surface area (Å²) in [5.74, 6) is 0.793. The highest BCUT2D eigenvalue weighted by Gasteiger charge is 2.34. The van der Waals surface area contributed by atoms with Crippen LogP contribution in [0.15, 0.2) is 79.5 Å². The van der Waals surface area contributed by atoms with Crippen LogP contribution in [0.25, 0.3) is 22.0 Å². The van der Waals surface area contributed by atoms with E-state index in [4.69, 9.17) is 20.2 Å². The van der Waals surface area contributed by atoms with Gasteiger partial charge < -0.3 is 31.2 Å². The fourth-order valence-electron chi connectivity index (χ4n) is 4.60. The molecular weight excluding hydrogens is 480 g/mol. The largest absolute Gasteiger partial charge is 0.495 e. The third-order valence-electron chi connectivity index (χ3n) is 6.61. The van der Waals surface area contributed by atoms with Crippen molar-refractivity contribution in [3.8, 4) is 16.9 Å². The number of carbonyl (C=O) groups excluding carboxylic acids is 1. The molecule has 1 atom stereocenters. The summed E-state index contributed by atoms with van der Waals surface area (Å²) in [5, 5.41) is 10.4. The molecule has 0 saturated carbocycles. The summed E-state index contributed by atoms with van der Waals surface area (Å²) in [7, 11) is 1.62. The molecule has 0 bridgehead atoms. The van der Waals surface area contributed by atoms with E-state index in [0.29, 0.717) is 37.1 Å². The maximum absolute atomic E-state index is 11.8. The summed E-state index contributed by atoms with van der Waals surface area (Å²) >= 11 is 0. The predicted molar refractivity (Wildman–Crippen MR) is 150 cm³/mol. The molecule has 1 aromatic heterocycles. The number of para-hydroxylation sites is 1. The van der Waals surface area contributed by atoms with Gasteiger partial charge in [-0.05, 0) is 41.5 Å². The Morgan fingerprint density at radius 3 is 2.87 bits per heavy atom.